The molecule has 0 aromatic heterocycles. The van der Waals surface area contributed by atoms with Gasteiger partial charge in [0.2, 0.25) is 21.8 Å². The van der Waals surface area contributed by atoms with Crippen molar-refractivity contribution in [3.05, 3.63) is 59.7 Å². The van der Waals surface area contributed by atoms with Crippen LogP contribution < -0.4 is 10.0 Å². The highest BCUT2D eigenvalue weighted by molar-refractivity contribution is 7.89. The standard InChI is InChI=1S/C20H21N3O5S/c1-13-3-5-15(6-4-13)12-22(14(2)24)18-11-19(25)23(20(18)26)16-7-9-17(10-8-16)29(21,27)28/h3-10,18H,11-12H2,1-2H3,(H2,21,27,28). The Morgan fingerprint density at radius 1 is 1.10 bits per heavy atom. The van der Waals surface area contributed by atoms with Gasteiger partial charge in [0.15, 0.2) is 0 Å². The summed E-state index contributed by atoms with van der Waals surface area (Å²) in [5.41, 5.74) is 2.15. The van der Waals surface area contributed by atoms with Crippen molar-refractivity contribution < 1.29 is 22.8 Å². The summed E-state index contributed by atoms with van der Waals surface area (Å²) in [6.07, 6.45) is -0.138. The van der Waals surface area contributed by atoms with Gasteiger partial charge in [0, 0.05) is 13.5 Å². The lowest BCUT2D eigenvalue weighted by atomic mass is 10.1. The monoisotopic (exact) mass is 415 g/mol. The SMILES string of the molecule is CC(=O)N(Cc1ccc(C)cc1)C1CC(=O)N(c2ccc(S(N)(=O)=O)cc2)C1=O. The number of carbonyl (C=O) groups excluding carboxylic acids is 3. The molecule has 3 amide bonds. The Morgan fingerprint density at radius 2 is 1.69 bits per heavy atom. The van der Waals surface area contributed by atoms with E-state index in [1.54, 1.807) is 0 Å². The molecule has 0 bridgehead atoms. The number of sulfonamides is 1. The molecule has 1 atom stereocenters. The summed E-state index contributed by atoms with van der Waals surface area (Å²) in [5.74, 6) is -1.30. The van der Waals surface area contributed by atoms with E-state index in [-0.39, 0.29) is 29.5 Å². The third-order valence-corrected chi connectivity index (χ3v) is 5.73. The third kappa shape index (κ3) is 4.36. The lowest BCUT2D eigenvalue weighted by Crippen LogP contribution is -2.44. The van der Waals surface area contributed by atoms with E-state index in [1.165, 1.54) is 36.1 Å². The minimum Gasteiger partial charge on any atom is -0.326 e. The quantitative estimate of drug-likeness (QED) is 0.739. The summed E-state index contributed by atoms with van der Waals surface area (Å²) in [4.78, 5) is 39.9. The first-order chi connectivity index (χ1) is 13.6. The van der Waals surface area contributed by atoms with Crippen LogP contribution in [0.3, 0.4) is 0 Å². The van der Waals surface area contributed by atoms with Gasteiger partial charge >= 0.3 is 0 Å². The van der Waals surface area contributed by atoms with Gasteiger partial charge in [-0.05, 0) is 36.8 Å². The number of nitrogens with two attached hydrogens (primary N) is 1. The van der Waals surface area contributed by atoms with Gasteiger partial charge in [-0.2, -0.15) is 0 Å². The van der Waals surface area contributed by atoms with E-state index >= 15 is 0 Å². The molecule has 1 heterocycles. The van der Waals surface area contributed by atoms with Gasteiger partial charge in [-0.1, -0.05) is 29.8 Å². The number of primary sulfonamides is 1. The predicted molar refractivity (Wildman–Crippen MR) is 106 cm³/mol. The first-order valence-electron chi connectivity index (χ1n) is 8.90. The Kier molecular flexibility index (Phi) is 5.54. The largest absolute Gasteiger partial charge is 0.326 e. The van der Waals surface area contributed by atoms with Crippen molar-refractivity contribution in [1.82, 2.24) is 4.90 Å². The van der Waals surface area contributed by atoms with Gasteiger partial charge in [-0.15, -0.1) is 0 Å². The number of hydrogen-bond donors (Lipinski definition) is 1. The van der Waals surface area contributed by atoms with Crippen LogP contribution in [0.15, 0.2) is 53.4 Å². The summed E-state index contributed by atoms with van der Waals surface area (Å²) >= 11 is 0. The molecule has 0 saturated carbocycles. The molecule has 3 rings (SSSR count). The number of benzene rings is 2. The summed E-state index contributed by atoms with van der Waals surface area (Å²) < 4.78 is 22.8. The van der Waals surface area contributed by atoms with Crippen LogP contribution in [0.4, 0.5) is 5.69 Å². The summed E-state index contributed by atoms with van der Waals surface area (Å²) in [6, 6.07) is 11.8. The highest BCUT2D eigenvalue weighted by atomic mass is 32.2. The van der Waals surface area contributed by atoms with Gasteiger partial charge in [0.05, 0.1) is 17.0 Å². The van der Waals surface area contributed by atoms with Crippen LogP contribution in [-0.4, -0.2) is 37.1 Å². The van der Waals surface area contributed by atoms with Gasteiger partial charge in [0.25, 0.3) is 5.91 Å². The average Bonchev–Trinajstić information content (AvgIpc) is 2.94. The lowest BCUT2D eigenvalue weighted by Gasteiger charge is -2.26. The fourth-order valence-electron chi connectivity index (χ4n) is 3.25. The van der Waals surface area contributed by atoms with E-state index < -0.39 is 27.9 Å². The maximum Gasteiger partial charge on any atom is 0.257 e. The summed E-state index contributed by atoms with van der Waals surface area (Å²) in [5, 5.41) is 5.07. The van der Waals surface area contributed by atoms with Crippen molar-refractivity contribution in [2.45, 2.75) is 37.8 Å². The topological polar surface area (TPSA) is 118 Å². The van der Waals surface area contributed by atoms with E-state index in [9.17, 15) is 22.8 Å². The first-order valence-corrected chi connectivity index (χ1v) is 10.4. The zero-order valence-corrected chi connectivity index (χ0v) is 16.8. The number of carbonyl (C=O) groups is 3. The average molecular weight is 415 g/mol. The zero-order chi connectivity index (χ0) is 21.3. The normalized spacial score (nSPS) is 16.9. The van der Waals surface area contributed by atoms with Crippen molar-refractivity contribution >= 4 is 33.4 Å². The predicted octanol–water partition coefficient (Wildman–Crippen LogP) is 1.32. The molecule has 152 valence electrons. The zero-order valence-electron chi connectivity index (χ0n) is 16.0. The number of nitrogens with zero attached hydrogens (tertiary/aromatic N) is 2. The van der Waals surface area contributed by atoms with E-state index in [2.05, 4.69) is 0 Å². The van der Waals surface area contributed by atoms with Crippen molar-refractivity contribution in [3.63, 3.8) is 0 Å². The second-order valence-electron chi connectivity index (χ2n) is 6.96. The number of rotatable bonds is 5. The molecule has 8 nitrogen and oxygen atoms in total. The molecule has 9 heteroatoms. The second kappa shape index (κ2) is 7.76. The fourth-order valence-corrected chi connectivity index (χ4v) is 3.76. The number of hydrogen-bond acceptors (Lipinski definition) is 5. The van der Waals surface area contributed by atoms with Crippen molar-refractivity contribution in [3.8, 4) is 0 Å². The Labute approximate surface area is 169 Å². The third-order valence-electron chi connectivity index (χ3n) is 4.80. The highest BCUT2D eigenvalue weighted by Gasteiger charge is 2.43. The molecule has 2 aromatic carbocycles. The van der Waals surface area contributed by atoms with E-state index in [1.807, 2.05) is 31.2 Å². The first kappa shape index (κ1) is 20.7. The van der Waals surface area contributed by atoms with E-state index in [4.69, 9.17) is 5.14 Å². The van der Waals surface area contributed by atoms with E-state index in [0.29, 0.717) is 0 Å². The molecule has 1 saturated heterocycles. The second-order valence-corrected chi connectivity index (χ2v) is 8.52. The maximum atomic E-state index is 13.0. The molecule has 0 aliphatic carbocycles. The molecule has 1 aliphatic rings. The number of imide groups is 1. The number of anilines is 1. The van der Waals surface area contributed by atoms with Crippen molar-refractivity contribution in [2.24, 2.45) is 5.14 Å². The highest BCUT2D eigenvalue weighted by Crippen LogP contribution is 2.27. The van der Waals surface area contributed by atoms with Crippen LogP contribution in [0, 0.1) is 6.92 Å². The minimum atomic E-state index is -3.88. The van der Waals surface area contributed by atoms with Gasteiger partial charge in [-0.25, -0.2) is 18.5 Å². The Bertz CT molecular complexity index is 1060. The molecule has 0 radical (unpaired) electrons. The van der Waals surface area contributed by atoms with Crippen LogP contribution in [0.25, 0.3) is 0 Å². The molecule has 1 aliphatic heterocycles. The number of amides is 3. The maximum absolute atomic E-state index is 13.0. The molecule has 2 N–H and O–H groups in total. The Morgan fingerprint density at radius 3 is 2.21 bits per heavy atom. The molecule has 1 unspecified atom stereocenters. The van der Waals surface area contributed by atoms with E-state index in [0.717, 1.165) is 16.0 Å². The fraction of sp³-hybridized carbons (Fsp3) is 0.250. The molecule has 0 spiro atoms. The smallest absolute Gasteiger partial charge is 0.257 e. The Balaban J connectivity index is 1.85. The molecular formula is C20H21N3O5S. The van der Waals surface area contributed by atoms with Gasteiger partial charge in [-0.3, -0.25) is 14.4 Å². The van der Waals surface area contributed by atoms with Crippen LogP contribution in [0.1, 0.15) is 24.5 Å². The summed E-state index contributed by atoms with van der Waals surface area (Å²) in [6.45, 7) is 3.51. The molecule has 29 heavy (non-hydrogen) atoms. The van der Waals surface area contributed by atoms with Crippen molar-refractivity contribution in [2.75, 3.05) is 4.90 Å². The molecule has 2 aromatic rings. The van der Waals surface area contributed by atoms with Gasteiger partial charge in [0.1, 0.15) is 6.04 Å². The van der Waals surface area contributed by atoms with Crippen molar-refractivity contribution in [1.29, 1.82) is 0 Å². The molecule has 1 fully saturated rings. The Hall–Kier alpha value is -3.04. The van der Waals surface area contributed by atoms with Crippen LogP contribution >= 0.6 is 0 Å². The van der Waals surface area contributed by atoms with Crippen LogP contribution in [0.5, 0.6) is 0 Å². The minimum absolute atomic E-state index is 0.123. The van der Waals surface area contributed by atoms with Gasteiger partial charge < -0.3 is 4.90 Å². The molecular weight excluding hydrogens is 394 g/mol. The van der Waals surface area contributed by atoms with Crippen LogP contribution in [-0.2, 0) is 31.0 Å². The lowest BCUT2D eigenvalue weighted by molar-refractivity contribution is -0.137. The van der Waals surface area contributed by atoms with Crippen LogP contribution in [0.2, 0.25) is 0 Å². The number of aryl methyl sites for hydroxylation is 1. The summed E-state index contributed by atoms with van der Waals surface area (Å²) in [7, 11) is -3.88.